The van der Waals surface area contributed by atoms with Crippen molar-refractivity contribution in [3.63, 3.8) is 0 Å². The summed E-state index contributed by atoms with van der Waals surface area (Å²) in [5.74, 6) is 1.39. The van der Waals surface area contributed by atoms with E-state index in [0.29, 0.717) is 30.2 Å². The number of hydrogen-bond acceptors (Lipinski definition) is 5. The standard InChI is InChI=1S/C20H19F3N2O2S/c1-26-15-6-7-16(17(9-15)27-2)18-11-25-19(28-18)12-24-10-13-4-3-5-14(8-13)20(21,22)23/h3-9,11,24H,10,12H2,1-2H3. The summed E-state index contributed by atoms with van der Waals surface area (Å²) in [5.41, 5.74) is 0.836. The Kier molecular flexibility index (Phi) is 6.21. The molecule has 0 saturated carbocycles. The highest BCUT2D eigenvalue weighted by atomic mass is 32.1. The van der Waals surface area contributed by atoms with Crippen molar-refractivity contribution in [2.24, 2.45) is 0 Å². The van der Waals surface area contributed by atoms with E-state index in [2.05, 4.69) is 10.3 Å². The second-order valence-electron chi connectivity index (χ2n) is 5.99. The van der Waals surface area contributed by atoms with Gasteiger partial charge in [-0.15, -0.1) is 11.3 Å². The van der Waals surface area contributed by atoms with Gasteiger partial charge in [0, 0.05) is 30.9 Å². The molecule has 0 aliphatic heterocycles. The number of nitrogens with zero attached hydrogens (tertiary/aromatic N) is 1. The average molecular weight is 408 g/mol. The Morgan fingerprint density at radius 2 is 1.86 bits per heavy atom. The lowest BCUT2D eigenvalue weighted by Gasteiger charge is -2.09. The smallest absolute Gasteiger partial charge is 0.416 e. The van der Waals surface area contributed by atoms with Gasteiger partial charge in [-0.3, -0.25) is 0 Å². The van der Waals surface area contributed by atoms with Gasteiger partial charge < -0.3 is 14.8 Å². The molecule has 0 aliphatic carbocycles. The van der Waals surface area contributed by atoms with Crippen LogP contribution in [0.2, 0.25) is 0 Å². The number of nitrogens with one attached hydrogen (secondary N) is 1. The molecule has 0 spiro atoms. The molecular formula is C20H19F3N2O2S. The molecule has 8 heteroatoms. The molecule has 148 valence electrons. The van der Waals surface area contributed by atoms with Gasteiger partial charge in [-0.05, 0) is 23.8 Å². The SMILES string of the molecule is COc1ccc(-c2cnc(CNCc3cccc(C(F)(F)F)c3)s2)c(OC)c1. The first-order chi connectivity index (χ1) is 13.4. The Bertz CT molecular complexity index is 941. The van der Waals surface area contributed by atoms with E-state index in [-0.39, 0.29) is 0 Å². The Labute approximate surface area is 165 Å². The summed E-state index contributed by atoms with van der Waals surface area (Å²) in [6, 6.07) is 10.9. The summed E-state index contributed by atoms with van der Waals surface area (Å²) in [7, 11) is 3.19. The molecule has 1 aromatic heterocycles. The lowest BCUT2D eigenvalue weighted by molar-refractivity contribution is -0.137. The zero-order chi connectivity index (χ0) is 20.1. The van der Waals surface area contributed by atoms with Crippen molar-refractivity contribution in [2.45, 2.75) is 19.3 Å². The van der Waals surface area contributed by atoms with Crippen molar-refractivity contribution in [3.8, 4) is 21.9 Å². The molecular weight excluding hydrogens is 389 g/mol. The molecule has 0 aliphatic rings. The van der Waals surface area contributed by atoms with Gasteiger partial charge in [0.05, 0.1) is 24.7 Å². The Hall–Kier alpha value is -2.58. The number of rotatable bonds is 7. The van der Waals surface area contributed by atoms with E-state index in [9.17, 15) is 13.2 Å². The fraction of sp³-hybridized carbons (Fsp3) is 0.250. The summed E-state index contributed by atoms with van der Waals surface area (Å²) >= 11 is 1.50. The van der Waals surface area contributed by atoms with E-state index in [0.717, 1.165) is 27.6 Å². The van der Waals surface area contributed by atoms with E-state index < -0.39 is 11.7 Å². The Morgan fingerprint density at radius 3 is 2.57 bits per heavy atom. The minimum Gasteiger partial charge on any atom is -0.497 e. The first kappa shape index (κ1) is 20.2. The minimum atomic E-state index is -4.34. The van der Waals surface area contributed by atoms with Crippen LogP contribution in [0.4, 0.5) is 13.2 Å². The van der Waals surface area contributed by atoms with E-state index in [4.69, 9.17) is 9.47 Å². The summed E-state index contributed by atoms with van der Waals surface area (Å²) < 4.78 is 49.0. The monoisotopic (exact) mass is 408 g/mol. The largest absolute Gasteiger partial charge is 0.497 e. The number of hydrogen-bond donors (Lipinski definition) is 1. The fourth-order valence-corrected chi connectivity index (χ4v) is 3.61. The molecule has 1 N–H and O–H groups in total. The molecule has 3 rings (SSSR count). The normalized spacial score (nSPS) is 11.5. The molecule has 0 atom stereocenters. The number of aromatic nitrogens is 1. The van der Waals surface area contributed by atoms with Crippen molar-refractivity contribution in [3.05, 3.63) is 64.8 Å². The molecule has 2 aromatic carbocycles. The maximum atomic E-state index is 12.8. The number of thiazole rings is 1. The Morgan fingerprint density at radius 1 is 1.04 bits per heavy atom. The van der Waals surface area contributed by atoms with Crippen molar-refractivity contribution in [1.82, 2.24) is 10.3 Å². The number of methoxy groups -OCH3 is 2. The van der Waals surface area contributed by atoms with Gasteiger partial charge >= 0.3 is 6.18 Å². The zero-order valence-electron chi connectivity index (χ0n) is 15.3. The molecule has 0 amide bonds. The van der Waals surface area contributed by atoms with Gasteiger partial charge in [0.1, 0.15) is 16.5 Å². The van der Waals surface area contributed by atoms with Crippen LogP contribution in [0, 0.1) is 0 Å². The predicted molar refractivity (Wildman–Crippen MR) is 103 cm³/mol. The quantitative estimate of drug-likeness (QED) is 0.588. The lowest BCUT2D eigenvalue weighted by Crippen LogP contribution is -2.13. The number of halogens is 3. The second-order valence-corrected chi connectivity index (χ2v) is 7.10. The van der Waals surface area contributed by atoms with Gasteiger partial charge in [-0.25, -0.2) is 4.98 Å². The molecule has 0 fully saturated rings. The molecule has 0 saturated heterocycles. The van der Waals surface area contributed by atoms with E-state index >= 15 is 0 Å². The predicted octanol–water partition coefficient (Wildman–Crippen LogP) is 5.14. The number of alkyl halides is 3. The first-order valence-electron chi connectivity index (χ1n) is 8.44. The number of benzene rings is 2. The van der Waals surface area contributed by atoms with E-state index in [1.165, 1.54) is 17.4 Å². The fourth-order valence-electron chi connectivity index (χ4n) is 2.69. The third kappa shape index (κ3) is 4.82. The minimum absolute atomic E-state index is 0.324. The highest BCUT2D eigenvalue weighted by Gasteiger charge is 2.30. The maximum absolute atomic E-state index is 12.8. The molecule has 4 nitrogen and oxygen atoms in total. The second kappa shape index (κ2) is 8.62. The first-order valence-corrected chi connectivity index (χ1v) is 9.26. The van der Waals surface area contributed by atoms with Crippen molar-refractivity contribution >= 4 is 11.3 Å². The number of ether oxygens (including phenoxy) is 2. The average Bonchev–Trinajstić information content (AvgIpc) is 3.15. The summed E-state index contributed by atoms with van der Waals surface area (Å²) in [6.45, 7) is 0.782. The highest BCUT2D eigenvalue weighted by molar-refractivity contribution is 7.15. The maximum Gasteiger partial charge on any atom is 0.416 e. The van der Waals surface area contributed by atoms with Gasteiger partial charge in [-0.2, -0.15) is 13.2 Å². The van der Waals surface area contributed by atoms with Crippen LogP contribution >= 0.6 is 11.3 Å². The topological polar surface area (TPSA) is 43.4 Å². The van der Waals surface area contributed by atoms with Crippen molar-refractivity contribution in [1.29, 1.82) is 0 Å². The van der Waals surface area contributed by atoms with Crippen molar-refractivity contribution in [2.75, 3.05) is 14.2 Å². The molecule has 0 unspecified atom stereocenters. The Balaban J connectivity index is 1.65. The van der Waals surface area contributed by atoms with Gasteiger partial charge in [0.2, 0.25) is 0 Å². The van der Waals surface area contributed by atoms with Gasteiger partial charge in [-0.1, -0.05) is 18.2 Å². The van der Waals surface area contributed by atoms with Crippen molar-refractivity contribution < 1.29 is 22.6 Å². The molecule has 3 aromatic rings. The van der Waals surface area contributed by atoms with Crippen LogP contribution in [-0.2, 0) is 19.3 Å². The third-order valence-electron chi connectivity index (χ3n) is 4.09. The highest BCUT2D eigenvalue weighted by Crippen LogP contribution is 2.36. The van der Waals surface area contributed by atoms with Gasteiger partial charge in [0.25, 0.3) is 0 Å². The van der Waals surface area contributed by atoms with Crippen LogP contribution in [0.5, 0.6) is 11.5 Å². The summed E-state index contributed by atoms with van der Waals surface area (Å²) in [6.07, 6.45) is -2.58. The van der Waals surface area contributed by atoms with E-state index in [1.54, 1.807) is 32.5 Å². The molecule has 0 radical (unpaired) electrons. The van der Waals surface area contributed by atoms with Crippen LogP contribution in [0.3, 0.4) is 0 Å². The van der Waals surface area contributed by atoms with Crippen LogP contribution in [0.15, 0.2) is 48.7 Å². The van der Waals surface area contributed by atoms with Crippen LogP contribution in [-0.4, -0.2) is 19.2 Å². The van der Waals surface area contributed by atoms with Crippen LogP contribution in [0.1, 0.15) is 16.1 Å². The zero-order valence-corrected chi connectivity index (χ0v) is 16.2. The lowest BCUT2D eigenvalue weighted by atomic mass is 10.1. The van der Waals surface area contributed by atoms with Crippen LogP contribution < -0.4 is 14.8 Å². The summed E-state index contributed by atoms with van der Waals surface area (Å²) in [4.78, 5) is 5.33. The summed E-state index contributed by atoms with van der Waals surface area (Å²) in [5, 5.41) is 3.97. The third-order valence-corrected chi connectivity index (χ3v) is 5.12. The molecule has 1 heterocycles. The van der Waals surface area contributed by atoms with E-state index in [1.807, 2.05) is 12.1 Å². The van der Waals surface area contributed by atoms with Gasteiger partial charge in [0.15, 0.2) is 0 Å². The molecule has 28 heavy (non-hydrogen) atoms. The molecule has 0 bridgehead atoms. The van der Waals surface area contributed by atoms with Crippen LogP contribution in [0.25, 0.3) is 10.4 Å².